The molecule has 5 nitrogen and oxygen atoms in total. The molecule has 164 valence electrons. The Morgan fingerprint density at radius 1 is 0.909 bits per heavy atom. The van der Waals surface area contributed by atoms with Crippen LogP contribution in [0, 0.1) is 17.5 Å². The number of aliphatic hydroxyl groups excluding tert-OH is 1. The second-order valence-corrected chi connectivity index (χ2v) is 8.35. The van der Waals surface area contributed by atoms with Crippen LogP contribution in [0.3, 0.4) is 0 Å². The fourth-order valence-electron chi connectivity index (χ4n) is 3.77. The molecule has 1 aliphatic heterocycles. The van der Waals surface area contributed by atoms with Crippen LogP contribution in [0.25, 0.3) is 16.0 Å². The molecule has 1 atom stereocenters. The van der Waals surface area contributed by atoms with Gasteiger partial charge in [0.05, 0.1) is 21.8 Å². The minimum absolute atomic E-state index is 0.0881. The van der Waals surface area contributed by atoms with Crippen molar-refractivity contribution >= 4 is 44.1 Å². The van der Waals surface area contributed by atoms with E-state index in [1.807, 2.05) is 0 Å². The maximum absolute atomic E-state index is 14.1. The quantitative estimate of drug-likeness (QED) is 0.251. The number of halogens is 3. The van der Waals surface area contributed by atoms with E-state index in [1.165, 1.54) is 48.5 Å². The number of thiazole rings is 1. The van der Waals surface area contributed by atoms with E-state index < -0.39 is 40.9 Å². The Bertz CT molecular complexity index is 1460. The Morgan fingerprint density at radius 2 is 1.61 bits per heavy atom. The number of hydrogen-bond donors (Lipinski definition) is 1. The second-order valence-electron chi connectivity index (χ2n) is 7.34. The zero-order chi connectivity index (χ0) is 23.3. The summed E-state index contributed by atoms with van der Waals surface area (Å²) in [5.41, 5.74) is 0.461. The summed E-state index contributed by atoms with van der Waals surface area (Å²) in [7, 11) is 0. The SMILES string of the molecule is O=C1C(=O)N(c2nc3ccc(F)cc3s2)C(c2cccc(F)c2)C1=C(O)c1ccc(F)cc1. The number of aliphatic hydroxyl groups is 1. The van der Waals surface area contributed by atoms with E-state index in [1.54, 1.807) is 0 Å². The molecule has 9 heteroatoms. The summed E-state index contributed by atoms with van der Waals surface area (Å²) in [6.45, 7) is 0. The maximum atomic E-state index is 14.1. The van der Waals surface area contributed by atoms with Crippen molar-refractivity contribution in [2.24, 2.45) is 0 Å². The van der Waals surface area contributed by atoms with Crippen LogP contribution >= 0.6 is 11.3 Å². The normalized spacial score (nSPS) is 17.8. The first kappa shape index (κ1) is 20.9. The molecule has 0 saturated carbocycles. The molecule has 0 aliphatic carbocycles. The van der Waals surface area contributed by atoms with E-state index >= 15 is 0 Å². The average molecular weight is 466 g/mol. The van der Waals surface area contributed by atoms with Gasteiger partial charge in [0.2, 0.25) is 0 Å². The largest absolute Gasteiger partial charge is 0.507 e. The summed E-state index contributed by atoms with van der Waals surface area (Å²) in [6.07, 6.45) is 0. The Labute approximate surface area is 189 Å². The number of anilines is 1. The van der Waals surface area contributed by atoms with Crippen LogP contribution in [0.5, 0.6) is 0 Å². The van der Waals surface area contributed by atoms with Gasteiger partial charge in [0, 0.05) is 5.56 Å². The van der Waals surface area contributed by atoms with Crippen molar-refractivity contribution in [3.63, 3.8) is 0 Å². The Hall–Kier alpha value is -3.98. The highest BCUT2D eigenvalue weighted by Gasteiger charge is 2.48. The summed E-state index contributed by atoms with van der Waals surface area (Å²) in [5, 5.41) is 11.0. The molecule has 0 spiro atoms. The van der Waals surface area contributed by atoms with Crippen LogP contribution in [-0.2, 0) is 9.59 Å². The standard InChI is InChI=1S/C24H13F3N2O3S/c25-14-6-4-12(5-7-14)21(30)19-20(13-2-1-3-15(26)10-13)29(23(32)22(19)31)24-28-17-9-8-16(27)11-18(17)33-24/h1-11,20,30H. The Balaban J connectivity index is 1.74. The molecule has 1 saturated heterocycles. The molecular weight excluding hydrogens is 453 g/mol. The van der Waals surface area contributed by atoms with Crippen LogP contribution in [-0.4, -0.2) is 21.8 Å². The van der Waals surface area contributed by atoms with E-state index in [-0.39, 0.29) is 21.8 Å². The lowest BCUT2D eigenvalue weighted by Crippen LogP contribution is -2.29. The molecule has 1 N–H and O–H groups in total. The van der Waals surface area contributed by atoms with E-state index in [2.05, 4.69) is 4.98 Å². The fourth-order valence-corrected chi connectivity index (χ4v) is 4.79. The highest BCUT2D eigenvalue weighted by Crippen LogP contribution is 2.44. The molecule has 1 fully saturated rings. The first-order valence-electron chi connectivity index (χ1n) is 9.72. The van der Waals surface area contributed by atoms with Crippen molar-refractivity contribution in [2.45, 2.75) is 6.04 Å². The molecule has 33 heavy (non-hydrogen) atoms. The van der Waals surface area contributed by atoms with Crippen LogP contribution in [0.4, 0.5) is 18.3 Å². The molecule has 1 amide bonds. The van der Waals surface area contributed by atoms with Crippen LogP contribution in [0.2, 0.25) is 0 Å². The third kappa shape index (κ3) is 3.56. The van der Waals surface area contributed by atoms with Crippen molar-refractivity contribution in [2.75, 3.05) is 4.90 Å². The smallest absolute Gasteiger partial charge is 0.301 e. The number of carbonyl (C=O) groups is 2. The summed E-state index contributed by atoms with van der Waals surface area (Å²) in [5.74, 6) is -4.15. The minimum atomic E-state index is -1.20. The van der Waals surface area contributed by atoms with Crippen molar-refractivity contribution in [3.8, 4) is 0 Å². The first-order chi connectivity index (χ1) is 15.8. The number of hydrogen-bond acceptors (Lipinski definition) is 5. The maximum Gasteiger partial charge on any atom is 0.301 e. The van der Waals surface area contributed by atoms with E-state index in [0.717, 1.165) is 34.4 Å². The summed E-state index contributed by atoms with van der Waals surface area (Å²) in [6, 6.07) is 12.7. The molecule has 2 heterocycles. The highest BCUT2D eigenvalue weighted by atomic mass is 32.1. The summed E-state index contributed by atoms with van der Waals surface area (Å²) >= 11 is 0.983. The van der Waals surface area contributed by atoms with Crippen molar-refractivity contribution in [3.05, 3.63) is 101 Å². The topological polar surface area (TPSA) is 70.5 Å². The predicted molar refractivity (Wildman–Crippen MR) is 117 cm³/mol. The van der Waals surface area contributed by atoms with Gasteiger partial charge in [-0.15, -0.1) is 0 Å². The summed E-state index contributed by atoms with van der Waals surface area (Å²) < 4.78 is 41.6. The number of Topliss-reactive ketones (excluding diaryl/α,β-unsaturated/α-hetero) is 1. The Morgan fingerprint density at radius 3 is 2.33 bits per heavy atom. The number of carbonyl (C=O) groups excluding carboxylic acids is 2. The highest BCUT2D eigenvalue weighted by molar-refractivity contribution is 7.22. The number of rotatable bonds is 3. The number of aromatic nitrogens is 1. The first-order valence-corrected chi connectivity index (χ1v) is 10.5. The van der Waals surface area contributed by atoms with Gasteiger partial charge in [-0.2, -0.15) is 0 Å². The van der Waals surface area contributed by atoms with Gasteiger partial charge in [0.25, 0.3) is 5.78 Å². The van der Waals surface area contributed by atoms with E-state index in [4.69, 9.17) is 0 Å². The number of amides is 1. The number of ketones is 1. The number of benzene rings is 3. The fraction of sp³-hybridized carbons (Fsp3) is 0.0417. The van der Waals surface area contributed by atoms with Crippen molar-refractivity contribution in [1.29, 1.82) is 0 Å². The zero-order valence-corrected chi connectivity index (χ0v) is 17.4. The van der Waals surface area contributed by atoms with Gasteiger partial charge in [-0.05, 0) is 60.2 Å². The molecule has 3 aromatic carbocycles. The number of nitrogens with zero attached hydrogens (tertiary/aromatic N) is 2. The average Bonchev–Trinajstić information content (AvgIpc) is 3.32. The Kier molecular flexibility index (Phi) is 4.98. The second kappa shape index (κ2) is 7.86. The monoisotopic (exact) mass is 466 g/mol. The zero-order valence-electron chi connectivity index (χ0n) is 16.6. The van der Waals surface area contributed by atoms with Gasteiger partial charge < -0.3 is 5.11 Å². The molecule has 0 bridgehead atoms. The van der Waals surface area contributed by atoms with Gasteiger partial charge in [-0.3, -0.25) is 14.5 Å². The lowest BCUT2D eigenvalue weighted by atomic mass is 9.95. The van der Waals surface area contributed by atoms with Gasteiger partial charge in [-0.1, -0.05) is 23.5 Å². The predicted octanol–water partition coefficient (Wildman–Crippen LogP) is 5.34. The molecule has 1 aliphatic rings. The minimum Gasteiger partial charge on any atom is -0.507 e. The van der Waals surface area contributed by atoms with Gasteiger partial charge >= 0.3 is 5.91 Å². The van der Waals surface area contributed by atoms with Crippen LogP contribution in [0.1, 0.15) is 17.2 Å². The van der Waals surface area contributed by atoms with Crippen molar-refractivity contribution < 1.29 is 27.9 Å². The molecule has 0 radical (unpaired) electrons. The number of fused-ring (bicyclic) bond motifs is 1. The molecule has 1 unspecified atom stereocenters. The molecule has 4 aromatic rings. The van der Waals surface area contributed by atoms with Gasteiger partial charge in [0.1, 0.15) is 23.2 Å². The molecule has 1 aromatic heterocycles. The summed E-state index contributed by atoms with van der Waals surface area (Å²) in [4.78, 5) is 31.6. The van der Waals surface area contributed by atoms with Crippen LogP contribution < -0.4 is 4.90 Å². The lowest BCUT2D eigenvalue weighted by molar-refractivity contribution is -0.132. The van der Waals surface area contributed by atoms with Gasteiger partial charge in [0.15, 0.2) is 5.13 Å². The van der Waals surface area contributed by atoms with Crippen LogP contribution in [0.15, 0.2) is 72.3 Å². The lowest BCUT2D eigenvalue weighted by Gasteiger charge is -2.23. The molecular formula is C24H13F3N2O3S. The molecule has 5 rings (SSSR count). The third-order valence-electron chi connectivity index (χ3n) is 5.27. The third-order valence-corrected chi connectivity index (χ3v) is 6.29. The van der Waals surface area contributed by atoms with E-state index in [9.17, 15) is 27.9 Å². The van der Waals surface area contributed by atoms with E-state index in [0.29, 0.717) is 10.2 Å². The van der Waals surface area contributed by atoms with Crippen molar-refractivity contribution in [1.82, 2.24) is 4.98 Å². The van der Waals surface area contributed by atoms with Gasteiger partial charge in [-0.25, -0.2) is 18.2 Å².